The van der Waals surface area contributed by atoms with Gasteiger partial charge >= 0.3 is 12.0 Å². The summed E-state index contributed by atoms with van der Waals surface area (Å²) in [6.45, 7) is 0. The zero-order valence-corrected chi connectivity index (χ0v) is 10.2. The maximum absolute atomic E-state index is 10.6. The summed E-state index contributed by atoms with van der Waals surface area (Å²) in [4.78, 5) is 18.6. The van der Waals surface area contributed by atoms with E-state index in [2.05, 4.69) is 9.97 Å². The molecule has 0 saturated carbocycles. The molecule has 1 N–H and O–H groups in total. The monoisotopic (exact) mass is 260 g/mol. The molecule has 0 amide bonds. The number of carboxylic acid groups (broad SMARTS) is 1. The van der Waals surface area contributed by atoms with Crippen LogP contribution < -0.4 is 9.47 Å². The number of carbonyl (C=O) groups is 1. The fourth-order valence-electron chi connectivity index (χ4n) is 1.49. The second-order valence-electron chi connectivity index (χ2n) is 3.70. The molecule has 0 aliphatic rings. The third kappa shape index (κ3) is 3.67. The van der Waals surface area contributed by atoms with Gasteiger partial charge in [-0.25, -0.2) is 4.98 Å². The van der Waals surface area contributed by atoms with E-state index in [0.29, 0.717) is 17.2 Å². The molecular formula is C13H12N2O4. The van der Waals surface area contributed by atoms with Gasteiger partial charge in [-0.1, -0.05) is 12.1 Å². The first kappa shape index (κ1) is 12.8. The lowest BCUT2D eigenvalue weighted by atomic mass is 10.1. The van der Waals surface area contributed by atoms with E-state index in [0.717, 1.165) is 0 Å². The summed E-state index contributed by atoms with van der Waals surface area (Å²) in [7, 11) is 1.50. The van der Waals surface area contributed by atoms with Crippen LogP contribution in [0.2, 0.25) is 0 Å². The number of benzene rings is 1. The number of hydrogen-bond donors (Lipinski definition) is 1. The van der Waals surface area contributed by atoms with E-state index in [9.17, 15) is 4.79 Å². The van der Waals surface area contributed by atoms with Crippen molar-refractivity contribution in [3.8, 4) is 17.6 Å². The summed E-state index contributed by atoms with van der Waals surface area (Å²) in [5.41, 5.74) is 0.646. The predicted octanol–water partition coefficient (Wildman–Crippen LogP) is 1.90. The highest BCUT2D eigenvalue weighted by atomic mass is 16.5. The summed E-state index contributed by atoms with van der Waals surface area (Å²) in [6, 6.07) is 8.52. The first-order valence-electron chi connectivity index (χ1n) is 5.53. The summed E-state index contributed by atoms with van der Waals surface area (Å²) in [6.07, 6.45) is 1.46. The smallest absolute Gasteiger partial charge is 0.325 e. The van der Waals surface area contributed by atoms with Crippen molar-refractivity contribution in [3.63, 3.8) is 0 Å². The van der Waals surface area contributed by atoms with Crippen LogP contribution >= 0.6 is 0 Å². The molecule has 1 aromatic heterocycles. The number of rotatable bonds is 5. The third-order valence-electron chi connectivity index (χ3n) is 2.28. The maximum atomic E-state index is 10.6. The first-order valence-corrected chi connectivity index (χ1v) is 5.53. The number of aliphatic carboxylic acids is 1. The van der Waals surface area contributed by atoms with Gasteiger partial charge in [-0.05, 0) is 17.7 Å². The molecule has 2 rings (SSSR count). The SMILES string of the molecule is COc1ccnc(Oc2cccc(CC(=O)O)c2)n1. The van der Waals surface area contributed by atoms with E-state index >= 15 is 0 Å². The minimum atomic E-state index is -0.894. The van der Waals surface area contributed by atoms with Gasteiger partial charge in [-0.2, -0.15) is 4.98 Å². The minimum Gasteiger partial charge on any atom is -0.481 e. The summed E-state index contributed by atoms with van der Waals surface area (Å²) < 4.78 is 10.4. The second kappa shape index (κ2) is 5.81. The van der Waals surface area contributed by atoms with Crippen molar-refractivity contribution in [2.24, 2.45) is 0 Å². The first-order chi connectivity index (χ1) is 9.17. The molecule has 6 heteroatoms. The van der Waals surface area contributed by atoms with Crippen LogP contribution in [-0.4, -0.2) is 28.2 Å². The van der Waals surface area contributed by atoms with Crippen LogP contribution in [0.4, 0.5) is 0 Å². The normalized spacial score (nSPS) is 9.95. The largest absolute Gasteiger partial charge is 0.481 e. The Hall–Kier alpha value is -2.63. The van der Waals surface area contributed by atoms with Crippen molar-refractivity contribution in [3.05, 3.63) is 42.1 Å². The molecule has 0 aliphatic heterocycles. The van der Waals surface area contributed by atoms with Gasteiger partial charge in [0.2, 0.25) is 5.88 Å². The molecule has 1 aromatic carbocycles. The lowest BCUT2D eigenvalue weighted by Gasteiger charge is -2.06. The molecule has 0 atom stereocenters. The van der Waals surface area contributed by atoms with Gasteiger partial charge in [0.05, 0.1) is 13.5 Å². The third-order valence-corrected chi connectivity index (χ3v) is 2.28. The Kier molecular flexibility index (Phi) is 3.92. The Labute approximate surface area is 109 Å². The molecule has 0 unspecified atom stereocenters. The second-order valence-corrected chi connectivity index (χ2v) is 3.70. The maximum Gasteiger partial charge on any atom is 0.325 e. The zero-order valence-electron chi connectivity index (χ0n) is 10.2. The van der Waals surface area contributed by atoms with Crippen LogP contribution in [0.5, 0.6) is 17.6 Å². The van der Waals surface area contributed by atoms with Gasteiger partial charge in [0.25, 0.3) is 0 Å². The van der Waals surface area contributed by atoms with Gasteiger partial charge in [0.15, 0.2) is 0 Å². The molecule has 98 valence electrons. The van der Waals surface area contributed by atoms with Gasteiger partial charge in [-0.15, -0.1) is 0 Å². The Morgan fingerprint density at radius 1 is 1.37 bits per heavy atom. The van der Waals surface area contributed by atoms with Gasteiger partial charge < -0.3 is 14.6 Å². The Bertz CT molecular complexity index is 586. The average Bonchev–Trinajstić information content (AvgIpc) is 2.38. The molecule has 0 saturated heterocycles. The van der Waals surface area contributed by atoms with E-state index in [1.807, 2.05) is 0 Å². The van der Waals surface area contributed by atoms with Crippen molar-refractivity contribution >= 4 is 5.97 Å². The number of nitrogens with zero attached hydrogens (tertiary/aromatic N) is 2. The van der Waals surface area contributed by atoms with Crippen LogP contribution in [0, 0.1) is 0 Å². The zero-order chi connectivity index (χ0) is 13.7. The van der Waals surface area contributed by atoms with Crippen LogP contribution in [0.1, 0.15) is 5.56 Å². The molecule has 0 radical (unpaired) electrons. The van der Waals surface area contributed by atoms with Gasteiger partial charge in [-0.3, -0.25) is 4.79 Å². The van der Waals surface area contributed by atoms with Gasteiger partial charge in [0, 0.05) is 12.3 Å². The Balaban J connectivity index is 2.15. The molecule has 2 aromatic rings. The van der Waals surface area contributed by atoms with Crippen molar-refractivity contribution in [2.75, 3.05) is 7.11 Å². The molecule has 0 spiro atoms. The van der Waals surface area contributed by atoms with Crippen LogP contribution in [0.3, 0.4) is 0 Å². The Morgan fingerprint density at radius 3 is 2.95 bits per heavy atom. The average molecular weight is 260 g/mol. The summed E-state index contributed by atoms with van der Waals surface area (Å²) in [5, 5.41) is 8.73. The number of methoxy groups -OCH3 is 1. The highest BCUT2D eigenvalue weighted by Crippen LogP contribution is 2.20. The molecule has 6 nitrogen and oxygen atoms in total. The van der Waals surface area contributed by atoms with Crippen LogP contribution in [0.15, 0.2) is 36.5 Å². The van der Waals surface area contributed by atoms with Crippen molar-refractivity contribution in [2.45, 2.75) is 6.42 Å². The number of aromatic nitrogens is 2. The van der Waals surface area contributed by atoms with Gasteiger partial charge in [0.1, 0.15) is 5.75 Å². The van der Waals surface area contributed by atoms with E-state index in [1.165, 1.54) is 13.3 Å². The Morgan fingerprint density at radius 2 is 2.21 bits per heavy atom. The fourth-order valence-corrected chi connectivity index (χ4v) is 1.49. The molecule has 0 bridgehead atoms. The summed E-state index contributed by atoms with van der Waals surface area (Å²) >= 11 is 0. The van der Waals surface area contributed by atoms with Crippen LogP contribution in [0.25, 0.3) is 0 Å². The van der Waals surface area contributed by atoms with E-state index in [1.54, 1.807) is 30.3 Å². The standard InChI is InChI=1S/C13H12N2O4/c1-18-11-5-6-14-13(15-11)19-10-4-2-3-9(7-10)8-12(16)17/h2-7H,8H2,1H3,(H,16,17). The van der Waals surface area contributed by atoms with E-state index in [4.69, 9.17) is 14.6 Å². The number of hydrogen-bond acceptors (Lipinski definition) is 5. The topological polar surface area (TPSA) is 81.5 Å². The highest BCUT2D eigenvalue weighted by molar-refractivity contribution is 5.70. The number of ether oxygens (including phenoxy) is 2. The molecule has 1 heterocycles. The van der Waals surface area contributed by atoms with E-state index < -0.39 is 5.97 Å². The quantitative estimate of drug-likeness (QED) is 0.884. The molecule has 0 fully saturated rings. The van der Waals surface area contributed by atoms with Crippen LogP contribution in [-0.2, 0) is 11.2 Å². The van der Waals surface area contributed by atoms with E-state index in [-0.39, 0.29) is 12.4 Å². The minimum absolute atomic E-state index is 0.0594. The molecular weight excluding hydrogens is 248 g/mol. The molecule has 0 aliphatic carbocycles. The number of carboxylic acids is 1. The lowest BCUT2D eigenvalue weighted by Crippen LogP contribution is -2.00. The van der Waals surface area contributed by atoms with Crippen molar-refractivity contribution in [1.29, 1.82) is 0 Å². The highest BCUT2D eigenvalue weighted by Gasteiger charge is 2.05. The summed E-state index contributed by atoms with van der Waals surface area (Å²) in [5.74, 6) is -0.0199. The lowest BCUT2D eigenvalue weighted by molar-refractivity contribution is -0.136. The fraction of sp³-hybridized carbons (Fsp3) is 0.154. The van der Waals surface area contributed by atoms with Crippen molar-refractivity contribution < 1.29 is 19.4 Å². The predicted molar refractivity (Wildman–Crippen MR) is 66.4 cm³/mol. The van der Waals surface area contributed by atoms with Crippen molar-refractivity contribution in [1.82, 2.24) is 9.97 Å². The molecule has 19 heavy (non-hydrogen) atoms.